The van der Waals surface area contributed by atoms with E-state index in [1.807, 2.05) is 29.2 Å². The fraction of sp³-hybridized carbons (Fsp3) is 0.358. The number of thiocarbonyl (C=S) groups is 1. The summed E-state index contributed by atoms with van der Waals surface area (Å²) >= 11 is 6.86. The average molecular weight is 879 g/mol. The molecular formula is C53H58N4O4S2. The Hall–Kier alpha value is -5.45. The Balaban J connectivity index is 0.984. The zero-order valence-corrected chi connectivity index (χ0v) is 39.3. The molecule has 1 saturated heterocycles. The monoisotopic (exact) mass is 878 g/mol. The Bertz CT molecular complexity index is 2670. The number of ketones is 1. The van der Waals surface area contributed by atoms with Crippen LogP contribution in [0.5, 0.6) is 0 Å². The highest BCUT2D eigenvalue weighted by Gasteiger charge is 2.44. The summed E-state index contributed by atoms with van der Waals surface area (Å²) in [5.41, 5.74) is 9.37. The van der Waals surface area contributed by atoms with Crippen LogP contribution in [0.4, 0.5) is 17.1 Å². The Kier molecular flexibility index (Phi) is 11.9. The van der Waals surface area contributed by atoms with Gasteiger partial charge in [0.25, 0.3) is 5.91 Å². The minimum absolute atomic E-state index is 0.0223. The molecule has 10 heteroatoms. The van der Waals surface area contributed by atoms with Crippen LogP contribution in [0.25, 0.3) is 10.8 Å². The van der Waals surface area contributed by atoms with E-state index in [4.69, 9.17) is 12.2 Å². The number of carboxylic acids is 1. The highest BCUT2D eigenvalue weighted by atomic mass is 32.2. The number of nitrogens with zero attached hydrogens (tertiary/aromatic N) is 4. The second kappa shape index (κ2) is 16.9. The van der Waals surface area contributed by atoms with E-state index in [2.05, 4.69) is 144 Å². The molecule has 4 aromatic carbocycles. The molecule has 1 atom stereocenters. The summed E-state index contributed by atoms with van der Waals surface area (Å²) < 4.78 is 0.352. The molecular weight excluding hydrogens is 821 g/mol. The zero-order valence-electron chi connectivity index (χ0n) is 37.7. The number of likely N-dealkylation sites (N-methyl/N-ethyl adjacent to an activating group) is 1. The average Bonchev–Trinajstić information content (AvgIpc) is 3.80. The van der Waals surface area contributed by atoms with Crippen molar-refractivity contribution in [3.63, 3.8) is 0 Å². The summed E-state index contributed by atoms with van der Waals surface area (Å²) in [4.78, 5) is 47.8. The maximum atomic E-state index is 13.8. The predicted molar refractivity (Wildman–Crippen MR) is 264 cm³/mol. The van der Waals surface area contributed by atoms with E-state index in [-0.39, 0.29) is 47.9 Å². The highest BCUT2D eigenvalue weighted by Crippen LogP contribution is 2.51. The largest absolute Gasteiger partial charge is 0.481 e. The molecule has 1 N–H and O–H groups in total. The topological polar surface area (TPSA) is 84.4 Å². The molecule has 0 spiro atoms. The van der Waals surface area contributed by atoms with E-state index in [0.717, 1.165) is 41.9 Å². The Labute approximate surface area is 382 Å². The van der Waals surface area contributed by atoms with Crippen molar-refractivity contribution in [2.24, 2.45) is 0 Å². The number of carboxylic acid groups (broad SMARTS) is 1. The summed E-state index contributed by atoms with van der Waals surface area (Å²) in [5.74, 6) is -1.25. The Morgan fingerprint density at radius 2 is 1.54 bits per heavy atom. The van der Waals surface area contributed by atoms with Gasteiger partial charge in [0.2, 0.25) is 0 Å². The van der Waals surface area contributed by atoms with Crippen LogP contribution in [-0.4, -0.2) is 64.7 Å². The summed E-state index contributed by atoms with van der Waals surface area (Å²) in [6.45, 7) is 16.8. The number of rotatable bonds is 13. The van der Waals surface area contributed by atoms with Gasteiger partial charge >= 0.3 is 5.97 Å². The van der Waals surface area contributed by atoms with E-state index in [1.165, 1.54) is 55.6 Å². The molecule has 0 aromatic heterocycles. The van der Waals surface area contributed by atoms with Crippen LogP contribution in [0.15, 0.2) is 126 Å². The lowest BCUT2D eigenvalue weighted by molar-refractivity contribution is -0.136. The molecule has 0 bridgehead atoms. The minimum atomic E-state index is -0.873. The third-order valence-corrected chi connectivity index (χ3v) is 15.1. The van der Waals surface area contributed by atoms with Crippen molar-refractivity contribution in [1.29, 1.82) is 0 Å². The van der Waals surface area contributed by atoms with Gasteiger partial charge in [-0.25, -0.2) is 0 Å². The van der Waals surface area contributed by atoms with E-state index in [9.17, 15) is 19.5 Å². The van der Waals surface area contributed by atoms with E-state index >= 15 is 0 Å². The van der Waals surface area contributed by atoms with Crippen molar-refractivity contribution >= 4 is 73.8 Å². The molecule has 1 unspecified atom stereocenters. The number of allylic oxidation sites excluding steroid dienone is 6. The predicted octanol–water partition coefficient (Wildman–Crippen LogP) is 11.0. The molecule has 8 nitrogen and oxygen atoms in total. The molecule has 4 aliphatic heterocycles. The summed E-state index contributed by atoms with van der Waals surface area (Å²) in [5, 5.41) is 12.0. The number of anilines is 3. The van der Waals surface area contributed by atoms with E-state index in [0.29, 0.717) is 15.8 Å². The number of carbonyl (C=O) groups is 3. The number of aliphatic carboxylic acids is 1. The first-order chi connectivity index (χ1) is 30.0. The van der Waals surface area contributed by atoms with Gasteiger partial charge in [0.15, 0.2) is 5.78 Å². The molecule has 1 amide bonds. The number of fused-ring (bicyclic) bond motifs is 5. The highest BCUT2D eigenvalue weighted by molar-refractivity contribution is 8.26. The molecule has 4 heterocycles. The molecule has 0 aliphatic carbocycles. The molecule has 0 saturated carbocycles. The normalized spacial score (nSPS) is 21.5. The zero-order chi connectivity index (χ0) is 45.0. The van der Waals surface area contributed by atoms with Crippen LogP contribution in [0.3, 0.4) is 0 Å². The van der Waals surface area contributed by atoms with Gasteiger partial charge < -0.3 is 19.8 Å². The summed E-state index contributed by atoms with van der Waals surface area (Å²) in [7, 11) is 2.17. The SMILES string of the molecule is CCCCN1c2ccc(CC(=O)CN3C(=O)/C(=C\C=C4/N(CCC(=O)O)c5ccccc5C4(C)C)SC3=S)cc2C(C)(C)C1/C=C/C=C1/N(C)c2ccc3ccccc3c2C1(C)C. The lowest BCUT2D eigenvalue weighted by atomic mass is 9.79. The van der Waals surface area contributed by atoms with Crippen LogP contribution >= 0.6 is 24.0 Å². The maximum absolute atomic E-state index is 13.8. The van der Waals surface area contributed by atoms with Crippen molar-refractivity contribution < 1.29 is 19.5 Å². The number of thioether (sulfide) groups is 1. The van der Waals surface area contributed by atoms with Crippen molar-refractivity contribution in [3.05, 3.63) is 148 Å². The maximum Gasteiger partial charge on any atom is 0.305 e. The fourth-order valence-corrected chi connectivity index (χ4v) is 11.6. The quantitative estimate of drug-likeness (QED) is 0.104. The standard InChI is InChI=1S/C53H58N4O4S2/c1-9-10-29-55-41-24-22-34(32-39(41)52(4,5)45(55)21-15-20-44-53(6,7)48-37-17-12-11-16-35(37)23-25-42(48)54(44)8)31-36(58)33-57-49(61)43(63-50(57)62)26-27-46-51(2,3)38-18-13-14-19-40(38)56(46)30-28-47(59)60/h11-27,32,45H,9-10,28-31,33H2,1-8H3,(H,59,60)/b21-15+,43-26+,44-20+,46-27-. The third kappa shape index (κ3) is 7.84. The number of hydrogen-bond donors (Lipinski definition) is 1. The molecule has 4 aliphatic rings. The van der Waals surface area contributed by atoms with Gasteiger partial charge in [0.05, 0.1) is 23.9 Å². The molecule has 0 radical (unpaired) electrons. The fourth-order valence-electron chi connectivity index (χ4n) is 10.4. The van der Waals surface area contributed by atoms with Crippen LogP contribution in [-0.2, 0) is 37.0 Å². The van der Waals surface area contributed by atoms with E-state index < -0.39 is 11.4 Å². The first-order valence-electron chi connectivity index (χ1n) is 22.1. The smallest absolute Gasteiger partial charge is 0.305 e. The summed E-state index contributed by atoms with van der Waals surface area (Å²) in [6.07, 6.45) is 12.9. The number of hydrogen-bond acceptors (Lipinski definition) is 8. The Morgan fingerprint density at radius 3 is 2.30 bits per heavy atom. The van der Waals surface area contributed by atoms with Crippen molar-refractivity contribution in [3.8, 4) is 0 Å². The van der Waals surface area contributed by atoms with Gasteiger partial charge in [-0.1, -0.05) is 152 Å². The number of para-hydroxylation sites is 1. The molecule has 326 valence electrons. The summed E-state index contributed by atoms with van der Waals surface area (Å²) in [6, 6.07) is 27.7. The van der Waals surface area contributed by atoms with Crippen molar-refractivity contribution in [1.82, 2.24) is 4.90 Å². The Morgan fingerprint density at radius 1 is 0.810 bits per heavy atom. The van der Waals surface area contributed by atoms with Crippen LogP contribution in [0.1, 0.15) is 90.0 Å². The van der Waals surface area contributed by atoms with Gasteiger partial charge in [-0.2, -0.15) is 0 Å². The number of benzene rings is 4. The van der Waals surface area contributed by atoms with Crippen molar-refractivity contribution in [2.75, 3.05) is 41.4 Å². The van der Waals surface area contributed by atoms with Crippen LogP contribution in [0.2, 0.25) is 0 Å². The van der Waals surface area contributed by atoms with Gasteiger partial charge in [-0.3, -0.25) is 19.3 Å². The number of Topliss-reactive ketones (excluding diaryl/α,β-unsaturated/α-hetero) is 1. The van der Waals surface area contributed by atoms with Crippen molar-refractivity contribution in [2.45, 2.75) is 96.4 Å². The first-order valence-corrected chi connectivity index (χ1v) is 23.3. The molecule has 63 heavy (non-hydrogen) atoms. The number of carbonyl (C=O) groups excluding carboxylic acids is 2. The second-order valence-corrected chi connectivity index (χ2v) is 20.5. The lowest BCUT2D eigenvalue weighted by Gasteiger charge is -2.32. The van der Waals surface area contributed by atoms with Gasteiger partial charge in [-0.15, -0.1) is 0 Å². The minimum Gasteiger partial charge on any atom is -0.481 e. The lowest BCUT2D eigenvalue weighted by Crippen LogP contribution is -2.40. The molecule has 4 aromatic rings. The molecule has 8 rings (SSSR count). The number of unbranched alkanes of at least 4 members (excludes halogenated alkanes) is 1. The third-order valence-electron chi connectivity index (χ3n) is 13.7. The van der Waals surface area contributed by atoms with Gasteiger partial charge in [-0.05, 0) is 75.9 Å². The number of amides is 1. The van der Waals surface area contributed by atoms with Crippen LogP contribution in [0, 0.1) is 0 Å². The van der Waals surface area contributed by atoms with E-state index in [1.54, 1.807) is 6.08 Å². The van der Waals surface area contributed by atoms with Gasteiger partial charge in [0.1, 0.15) is 4.32 Å². The molecule has 1 fully saturated rings. The second-order valence-electron chi connectivity index (χ2n) is 18.9. The van der Waals surface area contributed by atoms with Gasteiger partial charge in [0, 0.05) is 71.3 Å². The first kappa shape index (κ1) is 44.2. The van der Waals surface area contributed by atoms with Crippen LogP contribution < -0.4 is 14.7 Å².